The molecule has 0 aromatic heterocycles. The van der Waals surface area contributed by atoms with Gasteiger partial charge in [0, 0.05) is 14.1 Å². The van der Waals surface area contributed by atoms with E-state index < -0.39 is 17.7 Å². The average Bonchev–Trinajstić information content (AvgIpc) is 2.46. The number of carboxylic acid groups (broad SMARTS) is 1. The van der Waals surface area contributed by atoms with Crippen LogP contribution in [0.5, 0.6) is 5.75 Å². The normalized spacial score (nSPS) is 10.7. The molecule has 0 atom stereocenters. The van der Waals surface area contributed by atoms with Crippen LogP contribution in [0.25, 0.3) is 6.08 Å². The molecule has 0 aliphatic carbocycles. The number of nitrogens with zero attached hydrogens (tertiary/aromatic N) is 2. The zero-order valence-electron chi connectivity index (χ0n) is 12.2. The fourth-order valence-electron chi connectivity index (χ4n) is 1.52. The molecule has 0 aliphatic rings. The molecule has 7 heteroatoms. The van der Waals surface area contributed by atoms with Crippen LogP contribution in [0.3, 0.4) is 0 Å². The van der Waals surface area contributed by atoms with Crippen molar-refractivity contribution in [2.24, 2.45) is 0 Å². The van der Waals surface area contributed by atoms with Gasteiger partial charge in [-0.15, -0.1) is 0 Å². The molecule has 0 radical (unpaired) electrons. The predicted molar refractivity (Wildman–Crippen MR) is 76.4 cm³/mol. The van der Waals surface area contributed by atoms with Crippen molar-refractivity contribution in [3.63, 3.8) is 0 Å². The van der Waals surface area contributed by atoms with Crippen molar-refractivity contribution in [2.75, 3.05) is 20.7 Å². The SMILES string of the molecule is CN(C)C(=O)C(C#N)=Cc1ccc(F)c(OCCC(=O)O)c1. The third-order valence-electron chi connectivity index (χ3n) is 2.60. The van der Waals surface area contributed by atoms with Crippen molar-refractivity contribution in [1.82, 2.24) is 4.90 Å². The first kappa shape index (κ1) is 17.2. The zero-order valence-corrected chi connectivity index (χ0v) is 12.2. The number of carboxylic acids is 1. The Bertz CT molecular complexity index is 647. The van der Waals surface area contributed by atoms with E-state index in [0.29, 0.717) is 5.56 Å². The van der Waals surface area contributed by atoms with Crippen molar-refractivity contribution in [1.29, 1.82) is 5.26 Å². The number of ether oxygens (including phenoxy) is 1. The molecule has 1 aromatic rings. The minimum Gasteiger partial charge on any atom is -0.490 e. The van der Waals surface area contributed by atoms with Crippen LogP contribution in [0.2, 0.25) is 0 Å². The number of rotatable bonds is 6. The van der Waals surface area contributed by atoms with Gasteiger partial charge in [0.1, 0.15) is 11.6 Å². The van der Waals surface area contributed by atoms with Gasteiger partial charge in [-0.25, -0.2) is 4.39 Å². The van der Waals surface area contributed by atoms with Gasteiger partial charge in [0.15, 0.2) is 11.6 Å². The first-order chi connectivity index (χ1) is 10.3. The predicted octanol–water partition coefficient (Wildman–Crippen LogP) is 1.67. The number of amides is 1. The Balaban J connectivity index is 2.99. The Kier molecular flexibility index (Phi) is 6.08. The number of carbonyl (C=O) groups is 2. The highest BCUT2D eigenvalue weighted by Gasteiger charge is 2.12. The first-order valence-corrected chi connectivity index (χ1v) is 6.32. The van der Waals surface area contributed by atoms with Crippen molar-refractivity contribution >= 4 is 18.0 Å². The molecule has 0 unspecified atom stereocenters. The molecular weight excluding hydrogens is 291 g/mol. The lowest BCUT2D eigenvalue weighted by Gasteiger charge is -2.09. The van der Waals surface area contributed by atoms with E-state index in [4.69, 9.17) is 15.1 Å². The average molecular weight is 306 g/mol. The summed E-state index contributed by atoms with van der Waals surface area (Å²) in [4.78, 5) is 23.4. The van der Waals surface area contributed by atoms with Gasteiger partial charge in [-0.05, 0) is 23.8 Å². The fraction of sp³-hybridized carbons (Fsp3) is 0.267. The fourth-order valence-corrected chi connectivity index (χ4v) is 1.52. The van der Waals surface area contributed by atoms with Gasteiger partial charge in [0.25, 0.3) is 5.91 Å². The lowest BCUT2D eigenvalue weighted by Crippen LogP contribution is -2.22. The topological polar surface area (TPSA) is 90.6 Å². The summed E-state index contributed by atoms with van der Waals surface area (Å²) in [6.45, 7) is -0.179. The summed E-state index contributed by atoms with van der Waals surface area (Å²) < 4.78 is 18.6. The molecule has 0 fully saturated rings. The number of carbonyl (C=O) groups excluding carboxylic acids is 1. The minimum atomic E-state index is -1.06. The molecule has 6 nitrogen and oxygen atoms in total. The second-order valence-electron chi connectivity index (χ2n) is 4.55. The largest absolute Gasteiger partial charge is 0.490 e. The highest BCUT2D eigenvalue weighted by Crippen LogP contribution is 2.21. The van der Waals surface area contributed by atoms with Crippen molar-refractivity contribution < 1.29 is 23.8 Å². The molecule has 0 aliphatic heterocycles. The number of hydrogen-bond donors (Lipinski definition) is 1. The van der Waals surface area contributed by atoms with E-state index in [0.717, 1.165) is 6.07 Å². The standard InChI is InChI=1S/C15H15FN2O4/c1-18(2)15(21)11(9-17)7-10-3-4-12(16)13(8-10)22-6-5-14(19)20/h3-4,7-8H,5-6H2,1-2H3,(H,19,20). The molecule has 1 amide bonds. The Morgan fingerprint density at radius 1 is 1.45 bits per heavy atom. The van der Waals surface area contributed by atoms with Crippen molar-refractivity contribution in [3.8, 4) is 11.8 Å². The molecule has 116 valence electrons. The van der Waals surface area contributed by atoms with Crippen LogP contribution < -0.4 is 4.74 Å². The van der Waals surface area contributed by atoms with Crippen LogP contribution in [-0.4, -0.2) is 42.6 Å². The summed E-state index contributed by atoms with van der Waals surface area (Å²) in [5.74, 6) is -2.32. The van der Waals surface area contributed by atoms with Crippen LogP contribution in [0.15, 0.2) is 23.8 Å². The van der Waals surface area contributed by atoms with Crippen molar-refractivity contribution in [3.05, 3.63) is 35.2 Å². The van der Waals surface area contributed by atoms with Crippen LogP contribution >= 0.6 is 0 Å². The van der Waals surface area contributed by atoms with E-state index in [1.807, 2.05) is 0 Å². The van der Waals surface area contributed by atoms with E-state index in [1.165, 1.54) is 37.2 Å². The van der Waals surface area contributed by atoms with E-state index >= 15 is 0 Å². The number of likely N-dealkylation sites (N-methyl/N-ethyl adjacent to an activating group) is 1. The van der Waals surface area contributed by atoms with Gasteiger partial charge >= 0.3 is 5.97 Å². The minimum absolute atomic E-state index is 0.104. The summed E-state index contributed by atoms with van der Waals surface area (Å²) in [5.41, 5.74) is 0.298. The Morgan fingerprint density at radius 3 is 2.68 bits per heavy atom. The molecule has 1 N–H and O–H groups in total. The molecule has 0 bridgehead atoms. The Hall–Kier alpha value is -2.88. The number of halogens is 1. The number of hydrogen-bond acceptors (Lipinski definition) is 4. The van der Waals surface area contributed by atoms with Crippen LogP contribution in [0, 0.1) is 17.1 Å². The molecule has 0 spiro atoms. The summed E-state index contributed by atoms with van der Waals surface area (Å²) in [6.07, 6.45) is 1.05. The smallest absolute Gasteiger partial charge is 0.306 e. The molecule has 22 heavy (non-hydrogen) atoms. The lowest BCUT2D eigenvalue weighted by molar-refractivity contribution is -0.137. The zero-order chi connectivity index (χ0) is 16.7. The second kappa shape index (κ2) is 7.78. The highest BCUT2D eigenvalue weighted by atomic mass is 19.1. The second-order valence-corrected chi connectivity index (χ2v) is 4.55. The van der Waals surface area contributed by atoms with Crippen LogP contribution in [-0.2, 0) is 9.59 Å². The van der Waals surface area contributed by atoms with E-state index in [-0.39, 0.29) is 24.4 Å². The highest BCUT2D eigenvalue weighted by molar-refractivity contribution is 6.01. The number of nitriles is 1. The first-order valence-electron chi connectivity index (χ1n) is 6.32. The number of aliphatic carboxylic acids is 1. The van der Waals surface area contributed by atoms with Gasteiger partial charge in [0.05, 0.1) is 13.0 Å². The molecule has 1 aromatic carbocycles. The number of benzene rings is 1. The molecule has 0 saturated heterocycles. The maximum Gasteiger partial charge on any atom is 0.306 e. The molecule has 0 heterocycles. The quantitative estimate of drug-likeness (QED) is 0.638. The van der Waals surface area contributed by atoms with E-state index in [9.17, 15) is 14.0 Å². The van der Waals surface area contributed by atoms with Crippen LogP contribution in [0.1, 0.15) is 12.0 Å². The molecule has 1 rings (SSSR count). The molecule has 0 saturated carbocycles. The van der Waals surface area contributed by atoms with E-state index in [1.54, 1.807) is 6.07 Å². The van der Waals surface area contributed by atoms with Gasteiger partial charge < -0.3 is 14.7 Å². The van der Waals surface area contributed by atoms with Crippen molar-refractivity contribution in [2.45, 2.75) is 6.42 Å². The maximum atomic E-state index is 13.6. The van der Waals surface area contributed by atoms with Gasteiger partial charge in [-0.2, -0.15) is 5.26 Å². The lowest BCUT2D eigenvalue weighted by atomic mass is 10.1. The monoisotopic (exact) mass is 306 g/mol. The summed E-state index contributed by atoms with van der Waals surface area (Å²) in [6, 6.07) is 5.60. The summed E-state index contributed by atoms with van der Waals surface area (Å²) in [7, 11) is 3.03. The van der Waals surface area contributed by atoms with Gasteiger partial charge in [-0.3, -0.25) is 9.59 Å². The third-order valence-corrected chi connectivity index (χ3v) is 2.60. The Morgan fingerprint density at radius 2 is 2.14 bits per heavy atom. The van der Waals surface area contributed by atoms with Gasteiger partial charge in [-0.1, -0.05) is 6.07 Å². The third kappa shape index (κ3) is 4.90. The molecular formula is C15H15FN2O4. The Labute approximate surface area is 127 Å². The summed E-state index contributed by atoms with van der Waals surface area (Å²) >= 11 is 0. The summed E-state index contributed by atoms with van der Waals surface area (Å²) in [5, 5.41) is 17.5. The van der Waals surface area contributed by atoms with Crippen LogP contribution in [0.4, 0.5) is 4.39 Å². The van der Waals surface area contributed by atoms with E-state index in [2.05, 4.69) is 0 Å². The van der Waals surface area contributed by atoms with Gasteiger partial charge in [0.2, 0.25) is 0 Å². The maximum absolute atomic E-state index is 13.6.